The molecule has 33 heavy (non-hydrogen) atoms. The predicted octanol–water partition coefficient (Wildman–Crippen LogP) is 5.69. The number of ether oxygens (including phenoxy) is 1. The molecule has 170 valence electrons. The van der Waals surface area contributed by atoms with Crippen LogP contribution in [-0.2, 0) is 14.6 Å². The molecule has 0 fully saturated rings. The molecule has 1 atom stereocenters. The zero-order valence-corrected chi connectivity index (χ0v) is 19.9. The molecule has 0 saturated carbocycles. The van der Waals surface area contributed by atoms with Crippen LogP contribution in [0, 0.1) is 0 Å². The van der Waals surface area contributed by atoms with Gasteiger partial charge in [-0.2, -0.15) is 0 Å². The van der Waals surface area contributed by atoms with Gasteiger partial charge in [0.1, 0.15) is 10.4 Å². The van der Waals surface area contributed by atoms with E-state index in [4.69, 9.17) is 16.3 Å². The number of fused-ring (bicyclic) bond motifs is 1. The van der Waals surface area contributed by atoms with Crippen LogP contribution in [0.15, 0.2) is 71.6 Å². The van der Waals surface area contributed by atoms with Crippen LogP contribution in [0.3, 0.4) is 0 Å². The molecular weight excluding hydrogens is 460 g/mol. The number of carbonyl (C=O) groups is 1. The van der Waals surface area contributed by atoms with Crippen molar-refractivity contribution < 1.29 is 17.9 Å². The van der Waals surface area contributed by atoms with Gasteiger partial charge in [0.05, 0.1) is 28.6 Å². The highest BCUT2D eigenvalue weighted by Crippen LogP contribution is 2.36. The molecule has 1 unspecified atom stereocenters. The Morgan fingerprint density at radius 3 is 2.21 bits per heavy atom. The van der Waals surface area contributed by atoms with Gasteiger partial charge in [-0.1, -0.05) is 49.7 Å². The first-order chi connectivity index (χ1) is 15.7. The maximum Gasteiger partial charge on any atom is 0.337 e. The van der Waals surface area contributed by atoms with Gasteiger partial charge in [-0.25, -0.2) is 18.2 Å². The second kappa shape index (κ2) is 9.00. The largest absolute Gasteiger partial charge is 0.465 e. The Bertz CT molecular complexity index is 1410. The summed E-state index contributed by atoms with van der Waals surface area (Å²) >= 11 is 6.02. The first-order valence-corrected chi connectivity index (χ1v) is 12.3. The Hall–Kier alpha value is -3.16. The molecular formula is C25H23ClN2O4S. The number of sulfone groups is 1. The maximum atomic E-state index is 13.9. The number of hydrogen-bond acceptors (Lipinski definition) is 5. The molecule has 4 rings (SSSR count). The van der Waals surface area contributed by atoms with E-state index >= 15 is 0 Å². The zero-order chi connectivity index (χ0) is 23.8. The molecule has 2 aromatic heterocycles. The van der Waals surface area contributed by atoms with Gasteiger partial charge in [-0.05, 0) is 59.5 Å². The maximum absolute atomic E-state index is 13.9. The number of carbonyl (C=O) groups excluding carboxylic acids is 1. The van der Waals surface area contributed by atoms with Gasteiger partial charge in [-0.3, -0.25) is 0 Å². The minimum absolute atomic E-state index is 0.207. The number of pyridine rings is 1. The number of methoxy groups -OCH3 is 1. The van der Waals surface area contributed by atoms with Crippen LogP contribution in [0.2, 0.25) is 5.15 Å². The molecule has 0 saturated heterocycles. The molecule has 0 aliphatic rings. The lowest BCUT2D eigenvalue weighted by Crippen LogP contribution is -2.16. The number of hydrogen-bond donors (Lipinski definition) is 1. The lowest BCUT2D eigenvalue weighted by Gasteiger charge is -2.18. The van der Waals surface area contributed by atoms with E-state index < -0.39 is 21.1 Å². The first kappa shape index (κ1) is 23.0. The second-order valence-corrected chi connectivity index (χ2v) is 10.5. The molecule has 0 bridgehead atoms. The average molecular weight is 483 g/mol. The number of benzene rings is 2. The van der Waals surface area contributed by atoms with Crippen LogP contribution < -0.4 is 0 Å². The Morgan fingerprint density at radius 2 is 1.61 bits per heavy atom. The van der Waals surface area contributed by atoms with E-state index in [0.717, 1.165) is 5.56 Å². The molecule has 8 heteroatoms. The van der Waals surface area contributed by atoms with E-state index in [-0.39, 0.29) is 10.8 Å². The molecule has 1 N–H and O–H groups in total. The number of nitrogens with one attached hydrogen (secondary N) is 1. The van der Waals surface area contributed by atoms with Crippen molar-refractivity contribution in [2.75, 3.05) is 7.11 Å². The van der Waals surface area contributed by atoms with Gasteiger partial charge in [0, 0.05) is 5.69 Å². The van der Waals surface area contributed by atoms with Gasteiger partial charge in [0.25, 0.3) is 0 Å². The highest BCUT2D eigenvalue weighted by atomic mass is 35.5. The summed E-state index contributed by atoms with van der Waals surface area (Å²) < 4.78 is 32.5. The fourth-order valence-corrected chi connectivity index (χ4v) is 5.68. The molecule has 0 aliphatic heterocycles. The second-order valence-electron chi connectivity index (χ2n) is 8.05. The SMILES string of the molecule is COC(=O)c1ccc(C(c2cc3nc(Cl)ccc3[nH]2)S(=O)(=O)c2ccc(C(C)C)cc2)cc1. The summed E-state index contributed by atoms with van der Waals surface area (Å²) in [5.41, 5.74) is 3.60. The highest BCUT2D eigenvalue weighted by molar-refractivity contribution is 7.91. The number of aromatic nitrogens is 2. The van der Waals surface area contributed by atoms with E-state index in [1.807, 2.05) is 12.1 Å². The van der Waals surface area contributed by atoms with Crippen molar-refractivity contribution in [3.63, 3.8) is 0 Å². The number of H-pyrrole nitrogens is 1. The summed E-state index contributed by atoms with van der Waals surface area (Å²) in [6, 6.07) is 18.4. The van der Waals surface area contributed by atoms with E-state index in [1.54, 1.807) is 54.6 Å². The minimum atomic E-state index is -3.85. The molecule has 0 aliphatic carbocycles. The smallest absolute Gasteiger partial charge is 0.337 e. The Labute approximate surface area is 197 Å². The van der Waals surface area contributed by atoms with E-state index in [9.17, 15) is 13.2 Å². The van der Waals surface area contributed by atoms with Crippen LogP contribution in [0.25, 0.3) is 11.0 Å². The first-order valence-electron chi connectivity index (χ1n) is 10.4. The lowest BCUT2D eigenvalue weighted by molar-refractivity contribution is 0.0600. The molecule has 2 aromatic carbocycles. The summed E-state index contributed by atoms with van der Waals surface area (Å²) in [4.78, 5) is 19.5. The fraction of sp³-hybridized carbons (Fsp3) is 0.200. The summed E-state index contributed by atoms with van der Waals surface area (Å²) in [5, 5.41) is -0.721. The Morgan fingerprint density at radius 1 is 0.970 bits per heavy atom. The fourth-order valence-electron chi connectivity index (χ4n) is 3.76. The Balaban J connectivity index is 1.87. The van der Waals surface area contributed by atoms with Gasteiger partial charge in [-0.15, -0.1) is 0 Å². The quantitative estimate of drug-likeness (QED) is 0.281. The Kier molecular flexibility index (Phi) is 6.28. The highest BCUT2D eigenvalue weighted by Gasteiger charge is 2.32. The van der Waals surface area contributed by atoms with Gasteiger partial charge in [0.2, 0.25) is 0 Å². The summed E-state index contributed by atoms with van der Waals surface area (Å²) in [7, 11) is -2.56. The topological polar surface area (TPSA) is 89.1 Å². The van der Waals surface area contributed by atoms with Crippen LogP contribution in [0.4, 0.5) is 0 Å². The van der Waals surface area contributed by atoms with Crippen molar-refractivity contribution in [2.24, 2.45) is 0 Å². The van der Waals surface area contributed by atoms with Crippen molar-refractivity contribution in [3.05, 3.63) is 94.3 Å². The number of rotatable bonds is 6. The molecule has 0 amide bonds. The number of halogens is 1. The third kappa shape index (κ3) is 4.51. The summed E-state index contributed by atoms with van der Waals surface area (Å²) in [6.07, 6.45) is 0. The van der Waals surface area contributed by atoms with Crippen LogP contribution in [0.1, 0.15) is 52.2 Å². The summed E-state index contributed by atoms with van der Waals surface area (Å²) in [6.45, 7) is 4.11. The van der Waals surface area contributed by atoms with Crippen molar-refractivity contribution >= 4 is 38.4 Å². The molecule has 4 aromatic rings. The van der Waals surface area contributed by atoms with Gasteiger partial charge in [0.15, 0.2) is 9.84 Å². The average Bonchev–Trinajstić information content (AvgIpc) is 3.21. The molecule has 0 radical (unpaired) electrons. The lowest BCUT2D eigenvalue weighted by atomic mass is 10.0. The zero-order valence-electron chi connectivity index (χ0n) is 18.4. The number of nitrogens with zero attached hydrogens (tertiary/aromatic N) is 1. The van der Waals surface area contributed by atoms with E-state index in [1.165, 1.54) is 7.11 Å². The number of aromatic amines is 1. The molecule has 6 nitrogen and oxygen atoms in total. The molecule has 2 heterocycles. The van der Waals surface area contributed by atoms with Crippen molar-refractivity contribution in [1.82, 2.24) is 9.97 Å². The third-order valence-corrected chi connectivity index (χ3v) is 7.85. The van der Waals surface area contributed by atoms with Crippen molar-refractivity contribution in [1.29, 1.82) is 0 Å². The van der Waals surface area contributed by atoms with E-state index in [2.05, 4.69) is 23.8 Å². The minimum Gasteiger partial charge on any atom is -0.465 e. The van der Waals surface area contributed by atoms with Crippen LogP contribution in [-0.4, -0.2) is 31.5 Å². The third-order valence-electron chi connectivity index (χ3n) is 5.56. The van der Waals surface area contributed by atoms with Crippen molar-refractivity contribution in [2.45, 2.75) is 29.9 Å². The van der Waals surface area contributed by atoms with Crippen LogP contribution >= 0.6 is 11.6 Å². The standard InChI is InChI=1S/C25H23ClN2O4S/c1-15(2)16-8-10-19(11-9-16)33(30,31)24(17-4-6-18(7-5-17)25(29)32-3)22-14-21-20(27-22)12-13-23(26)28-21/h4-15,24,27H,1-3H3. The van der Waals surface area contributed by atoms with E-state index in [0.29, 0.717) is 33.0 Å². The van der Waals surface area contributed by atoms with Crippen molar-refractivity contribution in [3.8, 4) is 0 Å². The number of esters is 1. The summed E-state index contributed by atoms with van der Waals surface area (Å²) in [5.74, 6) is -0.206. The van der Waals surface area contributed by atoms with Gasteiger partial charge < -0.3 is 9.72 Å². The normalized spacial score (nSPS) is 12.8. The predicted molar refractivity (Wildman–Crippen MR) is 128 cm³/mol. The van der Waals surface area contributed by atoms with Crippen LogP contribution in [0.5, 0.6) is 0 Å². The molecule has 0 spiro atoms. The van der Waals surface area contributed by atoms with Gasteiger partial charge >= 0.3 is 5.97 Å². The monoisotopic (exact) mass is 482 g/mol.